The van der Waals surface area contributed by atoms with E-state index in [0.29, 0.717) is 11.5 Å². The number of ether oxygens (including phenoxy) is 2. The monoisotopic (exact) mass is 363 g/mol. The fourth-order valence-corrected chi connectivity index (χ4v) is 3.04. The largest absolute Gasteiger partial charge is 0.493 e. The normalized spacial score (nSPS) is 11.6. The second-order valence-corrected chi connectivity index (χ2v) is 5.56. The van der Waals surface area contributed by atoms with Crippen LogP contribution in [0.15, 0.2) is 34.1 Å². The Bertz CT molecular complexity index is 534. The molecule has 3 nitrogen and oxygen atoms in total. The number of methoxy groups -OCH3 is 2. The van der Waals surface area contributed by atoms with Gasteiger partial charge in [0.05, 0.1) is 20.3 Å². The molecule has 6 heteroatoms. The van der Waals surface area contributed by atoms with Gasteiger partial charge in [-0.15, -0.1) is 23.7 Å². The lowest BCUT2D eigenvalue weighted by atomic mass is 10.1. The van der Waals surface area contributed by atoms with Gasteiger partial charge in [0.1, 0.15) is 0 Å². The lowest BCUT2D eigenvalue weighted by Gasteiger charge is -2.16. The standard InChI is InChI=1S/C13H14BrNO2S.ClH/c1-16-10-6-8(9(14)7-11(10)17-2)13(15)12-4-3-5-18-12;/h3-7,13H,15H2,1-2H3;1H/t13-;/m0./s1. The zero-order chi connectivity index (χ0) is 13.1. The molecule has 104 valence electrons. The maximum atomic E-state index is 6.26. The zero-order valence-electron chi connectivity index (χ0n) is 10.6. The molecule has 0 saturated carbocycles. The van der Waals surface area contributed by atoms with E-state index in [-0.39, 0.29) is 18.4 Å². The molecular weight excluding hydrogens is 350 g/mol. The summed E-state index contributed by atoms with van der Waals surface area (Å²) < 4.78 is 11.5. The maximum absolute atomic E-state index is 6.26. The first-order valence-corrected chi connectivity index (χ1v) is 7.05. The highest BCUT2D eigenvalue weighted by Crippen LogP contribution is 2.37. The van der Waals surface area contributed by atoms with Crippen molar-refractivity contribution in [3.8, 4) is 11.5 Å². The lowest BCUT2D eigenvalue weighted by Crippen LogP contribution is -2.11. The van der Waals surface area contributed by atoms with Gasteiger partial charge < -0.3 is 15.2 Å². The first-order chi connectivity index (χ1) is 8.67. The molecule has 0 aliphatic carbocycles. The molecule has 0 spiro atoms. The van der Waals surface area contributed by atoms with Gasteiger partial charge >= 0.3 is 0 Å². The first kappa shape index (κ1) is 16.3. The van der Waals surface area contributed by atoms with Gasteiger partial charge in [-0.25, -0.2) is 0 Å². The van der Waals surface area contributed by atoms with Gasteiger partial charge in [0, 0.05) is 9.35 Å². The molecule has 0 bridgehead atoms. The lowest BCUT2D eigenvalue weighted by molar-refractivity contribution is 0.354. The van der Waals surface area contributed by atoms with Gasteiger partial charge in [-0.3, -0.25) is 0 Å². The Balaban J connectivity index is 0.00000180. The topological polar surface area (TPSA) is 44.5 Å². The minimum atomic E-state index is -0.167. The van der Waals surface area contributed by atoms with Crippen LogP contribution < -0.4 is 15.2 Å². The second-order valence-electron chi connectivity index (χ2n) is 3.72. The molecule has 0 unspecified atom stereocenters. The molecule has 0 aliphatic rings. The van der Waals surface area contributed by atoms with Gasteiger partial charge in [-0.2, -0.15) is 0 Å². The Morgan fingerprint density at radius 2 is 1.84 bits per heavy atom. The van der Waals surface area contributed by atoms with Crippen molar-refractivity contribution in [3.63, 3.8) is 0 Å². The number of hydrogen-bond donors (Lipinski definition) is 1. The van der Waals surface area contributed by atoms with E-state index in [2.05, 4.69) is 15.9 Å². The summed E-state index contributed by atoms with van der Waals surface area (Å²) in [6.45, 7) is 0. The van der Waals surface area contributed by atoms with Crippen LogP contribution in [0.3, 0.4) is 0 Å². The van der Waals surface area contributed by atoms with Crippen LogP contribution in [-0.2, 0) is 0 Å². The van der Waals surface area contributed by atoms with E-state index in [1.54, 1.807) is 25.6 Å². The smallest absolute Gasteiger partial charge is 0.161 e. The average Bonchev–Trinajstić information content (AvgIpc) is 2.91. The Morgan fingerprint density at radius 3 is 2.37 bits per heavy atom. The summed E-state index contributed by atoms with van der Waals surface area (Å²) >= 11 is 5.17. The van der Waals surface area contributed by atoms with E-state index in [0.717, 1.165) is 14.9 Å². The van der Waals surface area contributed by atoms with E-state index < -0.39 is 0 Å². The highest BCUT2D eigenvalue weighted by Gasteiger charge is 2.17. The maximum Gasteiger partial charge on any atom is 0.161 e. The van der Waals surface area contributed by atoms with Crippen molar-refractivity contribution in [2.24, 2.45) is 5.73 Å². The van der Waals surface area contributed by atoms with Crippen molar-refractivity contribution in [2.45, 2.75) is 6.04 Å². The number of thiophene rings is 1. The average molecular weight is 365 g/mol. The fraction of sp³-hybridized carbons (Fsp3) is 0.231. The van der Waals surface area contributed by atoms with Crippen LogP contribution in [-0.4, -0.2) is 14.2 Å². The summed E-state index contributed by atoms with van der Waals surface area (Å²) in [6.07, 6.45) is 0. The summed E-state index contributed by atoms with van der Waals surface area (Å²) in [4.78, 5) is 1.11. The van der Waals surface area contributed by atoms with Crippen molar-refractivity contribution in [1.82, 2.24) is 0 Å². The Labute approximate surface area is 131 Å². The molecule has 1 aromatic heterocycles. The Morgan fingerprint density at radius 1 is 1.21 bits per heavy atom. The van der Waals surface area contributed by atoms with Gasteiger partial charge in [-0.05, 0) is 29.1 Å². The van der Waals surface area contributed by atoms with Gasteiger partial charge in [0.15, 0.2) is 11.5 Å². The number of benzene rings is 1. The van der Waals surface area contributed by atoms with Gasteiger partial charge in [0.2, 0.25) is 0 Å². The van der Waals surface area contributed by atoms with Crippen LogP contribution in [0.1, 0.15) is 16.5 Å². The molecule has 0 amide bonds. The van der Waals surface area contributed by atoms with Crippen molar-refractivity contribution in [2.75, 3.05) is 14.2 Å². The fourth-order valence-electron chi connectivity index (χ4n) is 1.73. The van der Waals surface area contributed by atoms with E-state index in [4.69, 9.17) is 15.2 Å². The van der Waals surface area contributed by atoms with E-state index in [9.17, 15) is 0 Å². The van der Waals surface area contributed by atoms with E-state index in [1.807, 2.05) is 29.6 Å². The zero-order valence-corrected chi connectivity index (χ0v) is 13.8. The van der Waals surface area contributed by atoms with Crippen LogP contribution >= 0.6 is 39.7 Å². The summed E-state index contributed by atoms with van der Waals surface area (Å²) in [5, 5.41) is 2.02. The Hall–Kier alpha value is -0.750. The quantitative estimate of drug-likeness (QED) is 0.892. The highest BCUT2D eigenvalue weighted by atomic mass is 79.9. The third kappa shape index (κ3) is 3.42. The predicted octanol–water partition coefficient (Wildman–Crippen LogP) is 4.00. The van der Waals surface area contributed by atoms with Gasteiger partial charge in [-0.1, -0.05) is 22.0 Å². The summed E-state index contributed by atoms with van der Waals surface area (Å²) in [7, 11) is 3.23. The van der Waals surface area contributed by atoms with Crippen LogP contribution in [0.25, 0.3) is 0 Å². The van der Waals surface area contributed by atoms with Crippen molar-refractivity contribution in [3.05, 3.63) is 44.6 Å². The summed E-state index contributed by atoms with van der Waals surface area (Å²) in [6, 6.07) is 7.64. The highest BCUT2D eigenvalue weighted by molar-refractivity contribution is 9.10. The molecule has 19 heavy (non-hydrogen) atoms. The SMILES string of the molecule is COc1cc(Br)c([C@H](N)c2cccs2)cc1OC.Cl. The number of nitrogens with two attached hydrogens (primary N) is 1. The molecule has 1 atom stereocenters. The Kier molecular flexibility index (Phi) is 6.13. The van der Waals surface area contributed by atoms with E-state index in [1.165, 1.54) is 0 Å². The van der Waals surface area contributed by atoms with Crippen molar-refractivity contribution >= 4 is 39.7 Å². The minimum Gasteiger partial charge on any atom is -0.493 e. The van der Waals surface area contributed by atoms with Crippen LogP contribution in [0.5, 0.6) is 11.5 Å². The molecule has 0 saturated heterocycles. The third-order valence-electron chi connectivity index (χ3n) is 2.69. The summed E-state index contributed by atoms with van der Waals surface area (Å²) in [5.41, 5.74) is 7.24. The van der Waals surface area contributed by atoms with Crippen LogP contribution in [0.2, 0.25) is 0 Å². The number of halogens is 2. The molecular formula is C13H15BrClNO2S. The molecule has 0 radical (unpaired) electrons. The molecule has 1 aromatic carbocycles. The van der Waals surface area contributed by atoms with E-state index >= 15 is 0 Å². The third-order valence-corrected chi connectivity index (χ3v) is 4.33. The van der Waals surface area contributed by atoms with Crippen molar-refractivity contribution < 1.29 is 9.47 Å². The van der Waals surface area contributed by atoms with Crippen LogP contribution in [0.4, 0.5) is 0 Å². The molecule has 2 rings (SSSR count). The number of hydrogen-bond acceptors (Lipinski definition) is 4. The molecule has 0 aliphatic heterocycles. The molecule has 0 fully saturated rings. The first-order valence-electron chi connectivity index (χ1n) is 5.37. The number of rotatable bonds is 4. The van der Waals surface area contributed by atoms with Gasteiger partial charge in [0.25, 0.3) is 0 Å². The second kappa shape index (κ2) is 7.14. The molecule has 1 heterocycles. The molecule has 2 N–H and O–H groups in total. The summed E-state index contributed by atoms with van der Waals surface area (Å²) in [5.74, 6) is 1.37. The van der Waals surface area contributed by atoms with Crippen molar-refractivity contribution in [1.29, 1.82) is 0 Å². The minimum absolute atomic E-state index is 0. The molecule has 2 aromatic rings. The van der Waals surface area contributed by atoms with Crippen LogP contribution in [0, 0.1) is 0 Å². The predicted molar refractivity (Wildman–Crippen MR) is 84.8 cm³/mol.